The van der Waals surface area contributed by atoms with E-state index in [1.165, 1.54) is 24.5 Å². The van der Waals surface area contributed by atoms with Gasteiger partial charge in [-0.05, 0) is 30.3 Å². The van der Waals surface area contributed by atoms with Crippen molar-refractivity contribution in [2.45, 2.75) is 19.6 Å². The molecule has 1 N–H and O–H groups in total. The second-order valence-electron chi connectivity index (χ2n) is 5.77. The van der Waals surface area contributed by atoms with Crippen molar-refractivity contribution in [2.24, 2.45) is 5.92 Å². The fourth-order valence-corrected chi connectivity index (χ4v) is 2.93. The lowest BCUT2D eigenvalue weighted by molar-refractivity contribution is -0.128. The van der Waals surface area contributed by atoms with Gasteiger partial charge in [-0.15, -0.1) is 0 Å². The Balaban J connectivity index is 1.60. The average molecular weight is 385 g/mol. The molecule has 2 heterocycles. The summed E-state index contributed by atoms with van der Waals surface area (Å²) in [6, 6.07) is 7.44. The van der Waals surface area contributed by atoms with Gasteiger partial charge in [-0.1, -0.05) is 11.6 Å². The maximum absolute atomic E-state index is 12.4. The molecule has 2 aromatic rings. The van der Waals surface area contributed by atoms with E-state index in [-0.39, 0.29) is 35.6 Å². The Morgan fingerprint density at radius 3 is 2.88 bits per heavy atom. The highest BCUT2D eigenvalue weighted by atomic mass is 35.5. The zero-order valence-electron chi connectivity index (χ0n) is 13.5. The van der Waals surface area contributed by atoms with Crippen LogP contribution in [0.5, 0.6) is 5.75 Å². The van der Waals surface area contributed by atoms with Gasteiger partial charge in [-0.3, -0.25) is 9.59 Å². The van der Waals surface area contributed by atoms with Gasteiger partial charge in [0.1, 0.15) is 11.5 Å². The van der Waals surface area contributed by atoms with E-state index in [4.69, 9.17) is 16.0 Å². The maximum atomic E-state index is 12.4. The summed E-state index contributed by atoms with van der Waals surface area (Å²) in [6.07, 6.45) is 1.61. The van der Waals surface area contributed by atoms with Crippen LogP contribution in [0, 0.1) is 5.92 Å². The summed E-state index contributed by atoms with van der Waals surface area (Å²) in [5.41, 5.74) is 0.332. The van der Waals surface area contributed by atoms with Gasteiger partial charge >= 0.3 is 6.61 Å². The number of amides is 2. The lowest BCUT2D eigenvalue weighted by atomic mass is 10.1. The van der Waals surface area contributed by atoms with Crippen LogP contribution in [0.15, 0.2) is 41.0 Å². The maximum Gasteiger partial charge on any atom is 0.387 e. The largest absolute Gasteiger partial charge is 0.467 e. The number of hydrogen-bond donors (Lipinski definition) is 1. The van der Waals surface area contributed by atoms with Crippen molar-refractivity contribution >= 4 is 29.1 Å². The number of benzene rings is 1. The predicted octanol–water partition coefficient (Wildman–Crippen LogP) is 3.52. The summed E-state index contributed by atoms with van der Waals surface area (Å²) in [4.78, 5) is 26.0. The van der Waals surface area contributed by atoms with Crippen LogP contribution in [-0.2, 0) is 16.1 Å². The number of alkyl halides is 2. The highest BCUT2D eigenvalue weighted by Gasteiger charge is 2.34. The third-order valence-corrected chi connectivity index (χ3v) is 4.22. The molecule has 0 radical (unpaired) electrons. The normalized spacial score (nSPS) is 17.0. The number of rotatable bonds is 6. The molecule has 1 atom stereocenters. The number of hydrogen-bond acceptors (Lipinski definition) is 4. The summed E-state index contributed by atoms with van der Waals surface area (Å²) in [5, 5.41) is 2.59. The zero-order valence-corrected chi connectivity index (χ0v) is 14.2. The van der Waals surface area contributed by atoms with Gasteiger partial charge in [0.15, 0.2) is 0 Å². The third-order valence-electron chi connectivity index (χ3n) is 3.93. The number of nitrogens with one attached hydrogen (secondary N) is 1. The molecular formula is C17H15ClF2N2O4. The summed E-state index contributed by atoms with van der Waals surface area (Å²) in [6.45, 7) is -2.41. The van der Waals surface area contributed by atoms with E-state index in [0.717, 1.165) is 0 Å². The van der Waals surface area contributed by atoms with Crippen LogP contribution in [0.4, 0.5) is 14.5 Å². The minimum Gasteiger partial charge on any atom is -0.467 e. The number of nitrogens with zero attached hydrogens (tertiary/aromatic N) is 1. The average Bonchev–Trinajstić information content (AvgIpc) is 3.20. The molecule has 1 aromatic carbocycles. The Kier molecular flexibility index (Phi) is 5.41. The van der Waals surface area contributed by atoms with E-state index >= 15 is 0 Å². The van der Waals surface area contributed by atoms with Crippen LogP contribution >= 0.6 is 11.6 Å². The van der Waals surface area contributed by atoms with Gasteiger partial charge in [0, 0.05) is 18.7 Å². The third kappa shape index (κ3) is 4.32. The van der Waals surface area contributed by atoms with Crippen molar-refractivity contribution in [3.63, 3.8) is 0 Å². The first-order valence-electron chi connectivity index (χ1n) is 7.78. The van der Waals surface area contributed by atoms with E-state index in [0.29, 0.717) is 18.0 Å². The lowest BCUT2D eigenvalue weighted by Crippen LogP contribution is -2.27. The molecule has 26 heavy (non-hydrogen) atoms. The van der Waals surface area contributed by atoms with Crippen LogP contribution in [0.1, 0.15) is 12.2 Å². The summed E-state index contributed by atoms with van der Waals surface area (Å²) < 4.78 is 33.9. The Bertz CT molecular complexity index is 798. The van der Waals surface area contributed by atoms with Crippen LogP contribution < -0.4 is 10.1 Å². The second-order valence-corrected chi connectivity index (χ2v) is 6.17. The molecule has 1 aromatic heterocycles. The zero-order chi connectivity index (χ0) is 18.7. The predicted molar refractivity (Wildman–Crippen MR) is 88.9 cm³/mol. The first kappa shape index (κ1) is 18.2. The Morgan fingerprint density at radius 1 is 1.42 bits per heavy atom. The fourth-order valence-electron chi connectivity index (χ4n) is 2.71. The van der Waals surface area contributed by atoms with E-state index in [9.17, 15) is 18.4 Å². The minimum atomic E-state index is -2.99. The monoisotopic (exact) mass is 384 g/mol. The van der Waals surface area contributed by atoms with Crippen molar-refractivity contribution < 1.29 is 27.5 Å². The smallest absolute Gasteiger partial charge is 0.387 e. The highest BCUT2D eigenvalue weighted by Crippen LogP contribution is 2.29. The molecule has 1 aliphatic rings. The van der Waals surface area contributed by atoms with Gasteiger partial charge in [0.2, 0.25) is 11.8 Å². The van der Waals surface area contributed by atoms with Crippen LogP contribution in [-0.4, -0.2) is 29.9 Å². The van der Waals surface area contributed by atoms with E-state index in [1.807, 2.05) is 0 Å². The molecule has 0 spiro atoms. The molecule has 6 nitrogen and oxygen atoms in total. The van der Waals surface area contributed by atoms with Gasteiger partial charge in [0.25, 0.3) is 0 Å². The molecule has 1 aliphatic heterocycles. The number of carbonyl (C=O) groups excluding carboxylic acids is 2. The summed E-state index contributed by atoms with van der Waals surface area (Å²) in [5.74, 6) is -0.548. The molecular weight excluding hydrogens is 370 g/mol. The van der Waals surface area contributed by atoms with Crippen LogP contribution in [0.2, 0.25) is 5.02 Å². The molecule has 1 saturated heterocycles. The summed E-state index contributed by atoms with van der Waals surface area (Å²) in [7, 11) is 0. The van der Waals surface area contributed by atoms with Gasteiger partial charge < -0.3 is 19.4 Å². The molecule has 138 valence electrons. The highest BCUT2D eigenvalue weighted by molar-refractivity contribution is 6.32. The SMILES string of the molecule is O=C(Nc1ccc(OC(F)F)c(Cl)c1)[C@H]1CC(=O)N(Cc2ccco2)C1. The van der Waals surface area contributed by atoms with Crippen molar-refractivity contribution in [3.8, 4) is 5.75 Å². The van der Waals surface area contributed by atoms with Gasteiger partial charge in [-0.25, -0.2) is 0 Å². The number of carbonyl (C=O) groups is 2. The number of ether oxygens (including phenoxy) is 1. The summed E-state index contributed by atoms with van der Waals surface area (Å²) >= 11 is 5.86. The van der Waals surface area contributed by atoms with E-state index in [1.54, 1.807) is 17.0 Å². The van der Waals surface area contributed by atoms with Gasteiger partial charge in [-0.2, -0.15) is 8.78 Å². The van der Waals surface area contributed by atoms with Gasteiger partial charge in [0.05, 0.1) is 23.7 Å². The number of furan rings is 1. The molecule has 0 saturated carbocycles. The molecule has 1 fully saturated rings. The Hall–Kier alpha value is -2.61. The Morgan fingerprint density at radius 2 is 2.23 bits per heavy atom. The molecule has 9 heteroatoms. The molecule has 2 amide bonds. The first-order valence-corrected chi connectivity index (χ1v) is 8.15. The van der Waals surface area contributed by atoms with Crippen molar-refractivity contribution in [3.05, 3.63) is 47.4 Å². The topological polar surface area (TPSA) is 71.8 Å². The van der Waals surface area contributed by atoms with Crippen LogP contribution in [0.3, 0.4) is 0 Å². The van der Waals surface area contributed by atoms with E-state index < -0.39 is 12.5 Å². The molecule has 3 rings (SSSR count). The van der Waals surface area contributed by atoms with Crippen LogP contribution in [0.25, 0.3) is 0 Å². The fraction of sp³-hybridized carbons (Fsp3) is 0.294. The Labute approximate surface area is 152 Å². The van der Waals surface area contributed by atoms with Crippen molar-refractivity contribution in [2.75, 3.05) is 11.9 Å². The number of likely N-dealkylation sites (tertiary alicyclic amines) is 1. The van der Waals surface area contributed by atoms with Crippen molar-refractivity contribution in [1.82, 2.24) is 4.90 Å². The van der Waals surface area contributed by atoms with E-state index in [2.05, 4.69) is 10.1 Å². The minimum absolute atomic E-state index is 0.0509. The van der Waals surface area contributed by atoms with Crippen molar-refractivity contribution in [1.29, 1.82) is 0 Å². The molecule has 0 aliphatic carbocycles. The number of halogens is 3. The first-order chi connectivity index (χ1) is 12.4. The number of anilines is 1. The standard InChI is InChI=1S/C17H15ClF2N2O4/c18-13-7-11(3-4-14(13)26-17(19)20)21-16(24)10-6-15(23)22(8-10)9-12-2-1-5-25-12/h1-5,7,10,17H,6,8-9H2,(H,21,24)/t10-/m0/s1. The second kappa shape index (κ2) is 7.74. The quantitative estimate of drug-likeness (QED) is 0.827. The molecule has 0 unspecified atom stereocenters. The lowest BCUT2D eigenvalue weighted by Gasteiger charge is -2.15. The molecule has 0 bridgehead atoms.